The zero-order chi connectivity index (χ0) is 58.7. The molecule has 0 radical (unpaired) electrons. The first-order chi connectivity index (χ1) is 39.1. The summed E-state index contributed by atoms with van der Waals surface area (Å²) in [5.41, 5.74) is 8.30. The second kappa shape index (κ2) is 39.1. The van der Waals surface area contributed by atoms with Gasteiger partial charge in [0, 0.05) is 49.3 Å². The molecule has 2 aliphatic heterocycles. The number of esters is 1. The van der Waals surface area contributed by atoms with E-state index in [9.17, 15) is 45.2 Å². The highest BCUT2D eigenvalue weighted by Crippen LogP contribution is 2.33. The topological polar surface area (TPSA) is 300 Å². The summed E-state index contributed by atoms with van der Waals surface area (Å²) in [5.74, 6) is -12.9. The van der Waals surface area contributed by atoms with E-state index < -0.39 is 62.5 Å². The van der Waals surface area contributed by atoms with Gasteiger partial charge < -0.3 is 72.8 Å². The van der Waals surface area contributed by atoms with E-state index in [0.717, 1.165) is 25.9 Å². The van der Waals surface area contributed by atoms with E-state index in [0.29, 0.717) is 128 Å². The lowest BCUT2D eigenvalue weighted by Gasteiger charge is -2.22. The summed E-state index contributed by atoms with van der Waals surface area (Å²) in [6.45, 7) is 9.27. The van der Waals surface area contributed by atoms with E-state index in [4.69, 9.17) is 67.2 Å². The summed E-state index contributed by atoms with van der Waals surface area (Å²) < 4.78 is 150. The minimum absolute atomic E-state index is 0.0113. The molecule has 4 rings (SSSR count). The molecule has 0 aliphatic carbocycles. The Balaban J connectivity index is 0.841. The number of benzene rings is 2. The average Bonchev–Trinajstić information content (AvgIpc) is 3.94. The number of likely N-dealkylation sites (tertiary alicyclic amines) is 1. The van der Waals surface area contributed by atoms with Crippen LogP contribution in [0.2, 0.25) is 0 Å². The summed E-state index contributed by atoms with van der Waals surface area (Å²) in [7, 11) is -5.65. The van der Waals surface area contributed by atoms with Crippen LogP contribution >= 0.6 is 0 Å². The number of nitrogens with two attached hydrogens (primary N) is 1. The van der Waals surface area contributed by atoms with Gasteiger partial charge in [-0.25, -0.2) is 23.6 Å². The minimum Gasteiger partial charge on any atom is -0.447 e. The van der Waals surface area contributed by atoms with Crippen molar-refractivity contribution < 1.29 is 111 Å². The fourth-order valence-corrected chi connectivity index (χ4v) is 7.85. The molecule has 1 fully saturated rings. The molecule has 0 atom stereocenters. The standard InChI is InChI=1S/C51H73F4N5O20S/c1-2-9-60(50(63)39-34-37-5-6-38(35-40(37)58-41(56)36-39)49(62)59-10-3-4-11-59)79-13-8-57-51(64)78-33-32-77-31-30-76-29-28-75-27-26-74-25-24-73-23-22-72-21-20-71-19-18-70-17-16-69-15-14-68-12-7-42(61)80-47-43(52)45(54)48(81(65,66)67)46(55)44(47)53/h5-6,34-35H,2-4,7-33,36H2,1H3,(H2,56,58)(H,57,64)(H,65,66,67). The number of amides is 3. The molecule has 2 aliphatic rings. The number of alkyl carbamates (subject to hydrolysis) is 1. The number of amidine groups is 1. The van der Waals surface area contributed by atoms with Crippen molar-refractivity contribution in [2.75, 3.05) is 172 Å². The lowest BCUT2D eigenvalue weighted by molar-refractivity contribution is -0.181. The summed E-state index contributed by atoms with van der Waals surface area (Å²) in [6, 6.07) is 5.21. The normalized spacial score (nSPS) is 13.4. The quantitative estimate of drug-likeness (QED) is 0.0163. The number of carbonyl (C=O) groups is 4. The van der Waals surface area contributed by atoms with Crippen LogP contribution in [0.15, 0.2) is 33.7 Å². The van der Waals surface area contributed by atoms with Crippen molar-refractivity contribution in [1.29, 1.82) is 0 Å². The monoisotopic (exact) mass is 1180 g/mol. The predicted octanol–water partition coefficient (Wildman–Crippen LogP) is 3.56. The maximum atomic E-state index is 14.0. The van der Waals surface area contributed by atoms with Crippen molar-refractivity contribution in [3.63, 3.8) is 0 Å². The number of rotatable bonds is 43. The number of carbonyl (C=O) groups excluding carboxylic acids is 4. The van der Waals surface area contributed by atoms with E-state index in [1.54, 1.807) is 24.3 Å². The number of nitrogens with zero attached hydrogens (tertiary/aromatic N) is 3. The third-order valence-electron chi connectivity index (χ3n) is 11.1. The maximum Gasteiger partial charge on any atom is 0.407 e. The highest BCUT2D eigenvalue weighted by Gasteiger charge is 2.34. The van der Waals surface area contributed by atoms with Crippen molar-refractivity contribution in [2.45, 2.75) is 43.9 Å². The number of halogens is 4. The van der Waals surface area contributed by atoms with Crippen LogP contribution in [0.4, 0.5) is 28.0 Å². The van der Waals surface area contributed by atoms with Gasteiger partial charge in [0.1, 0.15) is 12.4 Å². The SMILES string of the molecule is CCCN(OCCNC(=O)OCCOCCOCCOCCOCCOCCOCCOCCOCCOCCOCCC(=O)Oc1c(F)c(F)c(S(=O)(=O)O)c(F)c1F)C(=O)C1=Cc2ccc(C(=O)N3CCCC3)cc2N=C(N)C1. The van der Waals surface area contributed by atoms with Crippen molar-refractivity contribution in [3.8, 4) is 5.75 Å². The molecule has 456 valence electrons. The first-order valence-electron chi connectivity index (χ1n) is 26.3. The van der Waals surface area contributed by atoms with E-state index in [1.807, 2.05) is 11.8 Å². The van der Waals surface area contributed by atoms with Crippen LogP contribution in [0, 0.1) is 23.3 Å². The molecule has 3 amide bonds. The van der Waals surface area contributed by atoms with Crippen LogP contribution in [0.1, 0.15) is 54.9 Å². The van der Waals surface area contributed by atoms with E-state index >= 15 is 0 Å². The predicted molar refractivity (Wildman–Crippen MR) is 277 cm³/mol. The number of ether oxygens (including phenoxy) is 12. The zero-order valence-electron chi connectivity index (χ0n) is 45.3. The molecule has 0 spiro atoms. The van der Waals surface area contributed by atoms with Gasteiger partial charge in [-0.15, -0.1) is 0 Å². The molecule has 81 heavy (non-hydrogen) atoms. The van der Waals surface area contributed by atoms with Crippen LogP contribution < -0.4 is 15.8 Å². The molecule has 0 aromatic heterocycles. The smallest absolute Gasteiger partial charge is 0.407 e. The van der Waals surface area contributed by atoms with Crippen LogP contribution in [-0.4, -0.2) is 224 Å². The number of hydroxylamine groups is 2. The van der Waals surface area contributed by atoms with Crippen LogP contribution in [0.25, 0.3) is 6.08 Å². The zero-order valence-corrected chi connectivity index (χ0v) is 46.1. The number of hydrogen-bond acceptors (Lipinski definition) is 21. The first-order valence-corrected chi connectivity index (χ1v) is 27.7. The summed E-state index contributed by atoms with van der Waals surface area (Å²) in [5, 5.41) is 3.83. The van der Waals surface area contributed by atoms with Crippen molar-refractivity contribution >= 4 is 51.6 Å². The Bertz CT molecular complexity index is 2410. The molecule has 4 N–H and O–H groups in total. The van der Waals surface area contributed by atoms with Gasteiger partial charge in [-0.1, -0.05) is 13.0 Å². The summed E-state index contributed by atoms with van der Waals surface area (Å²) in [4.78, 5) is 60.3. The molecule has 0 unspecified atom stereocenters. The van der Waals surface area contributed by atoms with Gasteiger partial charge in [0.05, 0.1) is 151 Å². The largest absolute Gasteiger partial charge is 0.447 e. The lowest BCUT2D eigenvalue weighted by Crippen LogP contribution is -2.37. The Hall–Kier alpha value is -5.48. The van der Waals surface area contributed by atoms with Crippen molar-refractivity contribution in [1.82, 2.24) is 15.3 Å². The summed E-state index contributed by atoms with van der Waals surface area (Å²) >= 11 is 0. The molecule has 25 nitrogen and oxygen atoms in total. The van der Waals surface area contributed by atoms with Crippen LogP contribution in [0.3, 0.4) is 0 Å². The van der Waals surface area contributed by atoms with Gasteiger partial charge in [-0.2, -0.15) is 17.2 Å². The third kappa shape index (κ3) is 26.1. The second-order valence-electron chi connectivity index (χ2n) is 17.3. The number of aliphatic imine (C=N–C) groups is 1. The first kappa shape index (κ1) is 68.0. The molecule has 0 saturated carbocycles. The minimum atomic E-state index is -5.65. The number of fused-ring (bicyclic) bond motifs is 1. The number of nitrogens with one attached hydrogen (secondary N) is 1. The Labute approximate surface area is 467 Å². The molecule has 2 aromatic carbocycles. The van der Waals surface area contributed by atoms with Crippen LogP contribution in [-0.2, 0) is 76.7 Å². The van der Waals surface area contributed by atoms with Gasteiger partial charge in [0.25, 0.3) is 11.8 Å². The van der Waals surface area contributed by atoms with Gasteiger partial charge in [-0.3, -0.25) is 23.8 Å². The molecule has 30 heteroatoms. The van der Waals surface area contributed by atoms with Gasteiger partial charge >= 0.3 is 22.2 Å². The highest BCUT2D eigenvalue weighted by atomic mass is 32.2. The Morgan fingerprint density at radius 2 is 1.12 bits per heavy atom. The lowest BCUT2D eigenvalue weighted by atomic mass is 10.0. The molecular weight excluding hydrogens is 1110 g/mol. The average molecular weight is 1180 g/mol. The van der Waals surface area contributed by atoms with Crippen molar-refractivity contribution in [2.24, 2.45) is 10.7 Å². The van der Waals surface area contributed by atoms with Gasteiger partial charge in [0.15, 0.2) is 16.5 Å². The molecule has 1 saturated heterocycles. The fraction of sp³-hybridized carbons (Fsp3) is 0.627. The van der Waals surface area contributed by atoms with Gasteiger partial charge in [-0.05, 0) is 37.5 Å². The summed E-state index contributed by atoms with van der Waals surface area (Å²) in [6.07, 6.45) is 3.16. The molecular formula is C51H73F4N5O20S. The number of hydrogen-bond donors (Lipinski definition) is 3. The van der Waals surface area contributed by atoms with Crippen LogP contribution in [0.5, 0.6) is 5.75 Å². The maximum absolute atomic E-state index is 14.0. The van der Waals surface area contributed by atoms with E-state index in [-0.39, 0.29) is 83.5 Å². The molecule has 0 bridgehead atoms. The second-order valence-corrected chi connectivity index (χ2v) is 18.6. The fourth-order valence-electron chi connectivity index (χ4n) is 7.21. The van der Waals surface area contributed by atoms with Gasteiger partial charge in [0.2, 0.25) is 17.4 Å². The van der Waals surface area contributed by atoms with Crippen molar-refractivity contribution in [3.05, 3.63) is 58.2 Å². The third-order valence-corrected chi connectivity index (χ3v) is 12.0. The Morgan fingerprint density at radius 3 is 1.58 bits per heavy atom. The Morgan fingerprint density at radius 1 is 0.667 bits per heavy atom. The molecule has 2 heterocycles. The van der Waals surface area contributed by atoms with E-state index in [1.165, 1.54) is 5.06 Å². The molecule has 2 aromatic rings. The highest BCUT2D eigenvalue weighted by molar-refractivity contribution is 7.85. The Kier molecular flexibility index (Phi) is 32.8. The van der Waals surface area contributed by atoms with E-state index in [2.05, 4.69) is 15.0 Å².